The van der Waals surface area contributed by atoms with Gasteiger partial charge in [0.05, 0.1) is 13.2 Å². The number of hydrogen-bond acceptors (Lipinski definition) is 7. The Hall–Kier alpha value is -2.51. The van der Waals surface area contributed by atoms with E-state index in [1.54, 1.807) is 6.92 Å². The van der Waals surface area contributed by atoms with Gasteiger partial charge in [-0.05, 0) is 84.0 Å². The highest BCUT2D eigenvalue weighted by molar-refractivity contribution is 7.47. The predicted molar refractivity (Wildman–Crippen MR) is 225 cm³/mol. The molecule has 54 heavy (non-hydrogen) atoms. The summed E-state index contributed by atoms with van der Waals surface area (Å²) in [4.78, 5) is 34.7. The number of allylic oxidation sites excluding steroid dienone is 12. The molecule has 9 heteroatoms. The van der Waals surface area contributed by atoms with Gasteiger partial charge in [0.15, 0.2) is 6.10 Å². The van der Waals surface area contributed by atoms with Crippen molar-refractivity contribution in [2.45, 2.75) is 181 Å². The minimum Gasteiger partial charge on any atom is -0.462 e. The van der Waals surface area contributed by atoms with E-state index >= 15 is 0 Å². The van der Waals surface area contributed by atoms with Crippen LogP contribution in [0.1, 0.15) is 175 Å². The summed E-state index contributed by atoms with van der Waals surface area (Å²) in [7, 11) is -4.30. The smallest absolute Gasteiger partial charge is 0.462 e. The average Bonchev–Trinajstić information content (AvgIpc) is 3.15. The Morgan fingerprint density at radius 1 is 0.519 bits per heavy atom. The predicted octanol–water partition coefficient (Wildman–Crippen LogP) is 13.3. The van der Waals surface area contributed by atoms with Gasteiger partial charge in [0, 0.05) is 12.8 Å². The fourth-order valence-electron chi connectivity index (χ4n) is 5.42. The normalized spacial score (nSPS) is 14.1. The summed E-state index contributed by atoms with van der Waals surface area (Å²) in [5, 5.41) is 0. The lowest BCUT2D eigenvalue weighted by molar-refractivity contribution is -0.161. The lowest BCUT2D eigenvalue weighted by Crippen LogP contribution is -2.29. The first-order valence-corrected chi connectivity index (χ1v) is 22.7. The van der Waals surface area contributed by atoms with Gasteiger partial charge in [0.25, 0.3) is 0 Å². The molecule has 2 unspecified atom stereocenters. The Balaban J connectivity index is 4.21. The maximum Gasteiger partial charge on any atom is 0.472 e. The van der Waals surface area contributed by atoms with Gasteiger partial charge in [0.1, 0.15) is 6.61 Å². The van der Waals surface area contributed by atoms with Crippen molar-refractivity contribution >= 4 is 19.8 Å². The topological polar surface area (TPSA) is 108 Å². The molecule has 0 bridgehead atoms. The molecular weight excluding hydrogens is 699 g/mol. The zero-order valence-electron chi connectivity index (χ0n) is 34.3. The van der Waals surface area contributed by atoms with Crippen molar-refractivity contribution in [1.29, 1.82) is 0 Å². The van der Waals surface area contributed by atoms with Gasteiger partial charge in [-0.2, -0.15) is 0 Å². The Kier molecular flexibility index (Phi) is 38.3. The SMILES string of the molecule is CC/C=C\C/C=C\C/C=C\C/C=C\C/C=C\CCCC(=O)OC(COC(=O)CCCCCCCCC/C=C\CCCCCCCC)COP(=O)(O)OCC. The van der Waals surface area contributed by atoms with Gasteiger partial charge in [-0.15, -0.1) is 0 Å². The molecule has 0 aromatic rings. The van der Waals surface area contributed by atoms with Crippen LogP contribution in [0.4, 0.5) is 0 Å². The van der Waals surface area contributed by atoms with Crippen LogP contribution in [0.15, 0.2) is 72.9 Å². The summed E-state index contributed by atoms with van der Waals surface area (Å²) in [5.41, 5.74) is 0. The van der Waals surface area contributed by atoms with E-state index < -0.39 is 26.5 Å². The molecule has 0 heterocycles. The number of carbonyl (C=O) groups excluding carboxylic acids is 2. The summed E-state index contributed by atoms with van der Waals surface area (Å²) < 4.78 is 32.6. The van der Waals surface area contributed by atoms with Gasteiger partial charge < -0.3 is 14.4 Å². The van der Waals surface area contributed by atoms with Crippen molar-refractivity contribution in [1.82, 2.24) is 0 Å². The van der Waals surface area contributed by atoms with Crippen molar-refractivity contribution < 1.29 is 37.6 Å². The molecule has 2 atom stereocenters. The largest absolute Gasteiger partial charge is 0.472 e. The van der Waals surface area contributed by atoms with Crippen LogP contribution in [0.25, 0.3) is 0 Å². The van der Waals surface area contributed by atoms with Crippen molar-refractivity contribution in [2.24, 2.45) is 0 Å². The first-order chi connectivity index (χ1) is 26.3. The zero-order chi connectivity index (χ0) is 39.6. The van der Waals surface area contributed by atoms with E-state index in [9.17, 15) is 19.0 Å². The molecule has 310 valence electrons. The molecule has 0 fully saturated rings. The van der Waals surface area contributed by atoms with Crippen LogP contribution in [-0.4, -0.2) is 42.8 Å². The summed E-state index contributed by atoms with van der Waals surface area (Å²) in [5.74, 6) is -0.875. The molecule has 0 saturated heterocycles. The van der Waals surface area contributed by atoms with Crippen LogP contribution >= 0.6 is 7.82 Å². The third-order valence-electron chi connectivity index (χ3n) is 8.50. The Morgan fingerprint density at radius 3 is 1.50 bits per heavy atom. The van der Waals surface area contributed by atoms with Gasteiger partial charge in [-0.1, -0.05) is 151 Å². The number of rotatable bonds is 38. The molecule has 0 rings (SSSR count). The van der Waals surface area contributed by atoms with Crippen LogP contribution in [-0.2, 0) is 32.7 Å². The number of ether oxygens (including phenoxy) is 2. The third-order valence-corrected chi connectivity index (χ3v) is 9.56. The number of phosphoric acid groups is 1. The summed E-state index contributed by atoms with van der Waals surface area (Å²) in [6.07, 6.45) is 49.6. The van der Waals surface area contributed by atoms with Crippen LogP contribution in [0, 0.1) is 0 Å². The second kappa shape index (κ2) is 40.2. The quantitative estimate of drug-likeness (QED) is 0.0286. The summed E-state index contributed by atoms with van der Waals surface area (Å²) in [6.45, 7) is 5.27. The number of carbonyl (C=O) groups is 2. The van der Waals surface area contributed by atoms with E-state index in [1.807, 2.05) is 6.08 Å². The van der Waals surface area contributed by atoms with Gasteiger partial charge in [-0.25, -0.2) is 4.57 Å². The Bertz CT molecular complexity index is 1110. The van der Waals surface area contributed by atoms with E-state index in [-0.39, 0.29) is 32.0 Å². The number of hydrogen-bond donors (Lipinski definition) is 1. The number of esters is 2. The van der Waals surface area contributed by atoms with Crippen molar-refractivity contribution in [3.63, 3.8) is 0 Å². The lowest BCUT2D eigenvalue weighted by atomic mass is 10.1. The minimum atomic E-state index is -4.30. The number of phosphoric ester groups is 1. The number of unbranched alkanes of at least 4 members (excludes halogenated alkanes) is 14. The van der Waals surface area contributed by atoms with Gasteiger partial charge in [0.2, 0.25) is 0 Å². The first-order valence-electron chi connectivity index (χ1n) is 21.2. The highest BCUT2D eigenvalue weighted by Gasteiger charge is 2.25. The maximum absolute atomic E-state index is 12.5. The first kappa shape index (κ1) is 51.5. The van der Waals surface area contributed by atoms with Crippen molar-refractivity contribution in [2.75, 3.05) is 19.8 Å². The molecule has 0 aliphatic carbocycles. The molecule has 0 aromatic carbocycles. The standard InChI is InChI=1S/C45H77O8P/c1-4-7-9-11-13-15-17-19-21-23-25-27-29-31-33-35-37-39-44(46)50-41-43(42-52-54(48,49)51-6-3)53-45(47)40-38-36-34-32-30-28-26-24-22-20-18-16-14-12-10-8-5-2/h8,10,14,16,19-22,26,28,32,34,43H,4-7,9,11-13,15,17-18,23-25,27,29-31,33,35-42H2,1-3H3,(H,48,49)/b10-8-,16-14-,21-19-,22-20-,28-26-,34-32-. The van der Waals surface area contributed by atoms with Gasteiger partial charge >= 0.3 is 19.8 Å². The van der Waals surface area contributed by atoms with E-state index in [4.69, 9.17) is 18.5 Å². The summed E-state index contributed by atoms with van der Waals surface area (Å²) in [6, 6.07) is 0. The van der Waals surface area contributed by atoms with E-state index in [0.29, 0.717) is 12.8 Å². The highest BCUT2D eigenvalue weighted by Crippen LogP contribution is 2.43. The molecule has 0 radical (unpaired) electrons. The molecule has 0 saturated carbocycles. The molecule has 0 spiro atoms. The second-order valence-corrected chi connectivity index (χ2v) is 15.1. The van der Waals surface area contributed by atoms with E-state index in [2.05, 4.69) is 80.7 Å². The molecule has 0 aliphatic heterocycles. The monoisotopic (exact) mass is 777 g/mol. The van der Waals surface area contributed by atoms with E-state index in [1.165, 1.54) is 64.2 Å². The molecule has 0 amide bonds. The molecule has 1 N–H and O–H groups in total. The van der Waals surface area contributed by atoms with Gasteiger partial charge in [-0.3, -0.25) is 18.6 Å². The molecular formula is C45H77O8P. The van der Waals surface area contributed by atoms with Crippen LogP contribution in [0.5, 0.6) is 0 Å². The fraction of sp³-hybridized carbons (Fsp3) is 0.689. The van der Waals surface area contributed by atoms with Crippen molar-refractivity contribution in [3.8, 4) is 0 Å². The molecule has 0 aromatic heterocycles. The highest BCUT2D eigenvalue weighted by atomic mass is 31.2. The van der Waals surface area contributed by atoms with E-state index in [0.717, 1.165) is 64.2 Å². The lowest BCUT2D eigenvalue weighted by Gasteiger charge is -2.19. The maximum atomic E-state index is 12.5. The Morgan fingerprint density at radius 2 is 0.963 bits per heavy atom. The molecule has 8 nitrogen and oxygen atoms in total. The third kappa shape index (κ3) is 39.2. The molecule has 0 aliphatic rings. The van der Waals surface area contributed by atoms with Crippen LogP contribution in [0.3, 0.4) is 0 Å². The Labute approximate surface area is 330 Å². The summed E-state index contributed by atoms with van der Waals surface area (Å²) >= 11 is 0. The average molecular weight is 777 g/mol. The minimum absolute atomic E-state index is 0.0142. The fourth-order valence-corrected chi connectivity index (χ4v) is 6.18. The van der Waals surface area contributed by atoms with Crippen molar-refractivity contribution in [3.05, 3.63) is 72.9 Å². The second-order valence-electron chi connectivity index (χ2n) is 13.6. The zero-order valence-corrected chi connectivity index (χ0v) is 35.2. The van der Waals surface area contributed by atoms with Crippen LogP contribution < -0.4 is 0 Å². The van der Waals surface area contributed by atoms with Crippen LogP contribution in [0.2, 0.25) is 0 Å².